The molecule has 1 heterocycles. The van der Waals surface area contributed by atoms with Crippen molar-refractivity contribution in [1.29, 1.82) is 0 Å². The zero-order valence-electron chi connectivity index (χ0n) is 9.11. The van der Waals surface area contributed by atoms with Crippen LogP contribution >= 0.6 is 0 Å². The largest absolute Gasteiger partial charge is 0.465 e. The molecule has 17 heavy (non-hydrogen) atoms. The smallest absolute Gasteiger partial charge is 0.325 e. The minimum atomic E-state index is -0.969. The molecule has 0 saturated heterocycles. The minimum absolute atomic E-state index is 0.0740. The molecule has 0 atom stereocenters. The molecule has 2 rings (SSSR count). The summed E-state index contributed by atoms with van der Waals surface area (Å²) in [5, 5.41) is 0. The predicted molar refractivity (Wildman–Crippen MR) is 56.3 cm³/mol. The van der Waals surface area contributed by atoms with Gasteiger partial charge in [0, 0.05) is 12.1 Å². The van der Waals surface area contributed by atoms with Gasteiger partial charge in [-0.05, 0) is 6.92 Å². The normalized spacial score (nSPS) is 10.8. The highest BCUT2D eigenvalue weighted by atomic mass is 19.2. The topological polar surface area (TPSA) is 44.1 Å². The van der Waals surface area contributed by atoms with Crippen molar-refractivity contribution in [3.63, 3.8) is 0 Å². The summed E-state index contributed by atoms with van der Waals surface area (Å²) in [6.07, 6.45) is 1.35. The molecule has 1 aromatic carbocycles. The monoisotopic (exact) mass is 240 g/mol. The van der Waals surface area contributed by atoms with E-state index in [1.165, 1.54) is 10.9 Å². The summed E-state index contributed by atoms with van der Waals surface area (Å²) in [7, 11) is 0. The minimum Gasteiger partial charge on any atom is -0.465 e. The van der Waals surface area contributed by atoms with Crippen LogP contribution in [-0.4, -0.2) is 22.1 Å². The number of imidazole rings is 1. The van der Waals surface area contributed by atoms with Crippen LogP contribution in [0.25, 0.3) is 11.0 Å². The van der Waals surface area contributed by atoms with Crippen LogP contribution in [0.5, 0.6) is 0 Å². The van der Waals surface area contributed by atoms with Crippen LogP contribution in [-0.2, 0) is 16.1 Å². The number of ether oxygens (including phenoxy) is 1. The Morgan fingerprint density at radius 3 is 2.82 bits per heavy atom. The Balaban J connectivity index is 2.36. The van der Waals surface area contributed by atoms with E-state index >= 15 is 0 Å². The number of esters is 1. The number of hydrogen-bond acceptors (Lipinski definition) is 3. The fourth-order valence-electron chi connectivity index (χ4n) is 1.53. The third kappa shape index (κ3) is 2.25. The van der Waals surface area contributed by atoms with E-state index < -0.39 is 17.6 Å². The summed E-state index contributed by atoms with van der Waals surface area (Å²) >= 11 is 0. The van der Waals surface area contributed by atoms with E-state index in [2.05, 4.69) is 4.98 Å². The van der Waals surface area contributed by atoms with Crippen LogP contribution < -0.4 is 0 Å². The lowest BCUT2D eigenvalue weighted by Crippen LogP contribution is -2.12. The number of rotatable bonds is 3. The van der Waals surface area contributed by atoms with E-state index in [9.17, 15) is 13.6 Å². The molecule has 0 spiro atoms. The number of benzene rings is 1. The number of aromatic nitrogens is 2. The molecule has 4 nitrogen and oxygen atoms in total. The summed E-state index contributed by atoms with van der Waals surface area (Å²) in [5.74, 6) is -2.38. The number of nitrogens with zero attached hydrogens (tertiary/aromatic N) is 2. The zero-order valence-corrected chi connectivity index (χ0v) is 9.11. The maximum atomic E-state index is 13.1. The number of halogens is 2. The van der Waals surface area contributed by atoms with Gasteiger partial charge < -0.3 is 9.30 Å². The lowest BCUT2D eigenvalue weighted by atomic mass is 10.3. The lowest BCUT2D eigenvalue weighted by Gasteiger charge is -2.04. The van der Waals surface area contributed by atoms with Crippen molar-refractivity contribution >= 4 is 17.0 Å². The summed E-state index contributed by atoms with van der Waals surface area (Å²) in [5.41, 5.74) is 0.658. The highest BCUT2D eigenvalue weighted by molar-refractivity contribution is 5.78. The van der Waals surface area contributed by atoms with Gasteiger partial charge >= 0.3 is 5.97 Å². The quantitative estimate of drug-likeness (QED) is 0.769. The van der Waals surface area contributed by atoms with Gasteiger partial charge in [-0.2, -0.15) is 0 Å². The second-order valence-corrected chi connectivity index (χ2v) is 3.43. The number of carbonyl (C=O) groups is 1. The first-order valence-corrected chi connectivity index (χ1v) is 5.07. The first-order chi connectivity index (χ1) is 8.11. The Kier molecular flexibility index (Phi) is 3.03. The average Bonchev–Trinajstić information content (AvgIpc) is 2.63. The van der Waals surface area contributed by atoms with E-state index in [1.807, 2.05) is 0 Å². The van der Waals surface area contributed by atoms with E-state index in [-0.39, 0.29) is 13.2 Å². The molecule has 0 N–H and O–H groups in total. The molecule has 0 unspecified atom stereocenters. The Labute approximate surface area is 95.8 Å². The van der Waals surface area contributed by atoms with Crippen LogP contribution in [0.4, 0.5) is 8.78 Å². The van der Waals surface area contributed by atoms with Gasteiger partial charge in [0.1, 0.15) is 6.54 Å². The molecule has 1 aromatic heterocycles. The molecular weight excluding hydrogens is 230 g/mol. The Bertz CT molecular complexity index is 566. The molecule has 6 heteroatoms. The highest BCUT2D eigenvalue weighted by Crippen LogP contribution is 2.17. The summed E-state index contributed by atoms with van der Waals surface area (Å²) in [6.45, 7) is 1.89. The molecule has 0 fully saturated rings. The standard InChI is InChI=1S/C11H10F2N2O2/c1-2-17-11(16)5-15-6-14-9-3-7(12)8(13)4-10(9)15/h3-4,6H,2,5H2,1H3. The lowest BCUT2D eigenvalue weighted by molar-refractivity contribution is -0.143. The fourth-order valence-corrected chi connectivity index (χ4v) is 1.53. The first-order valence-electron chi connectivity index (χ1n) is 5.07. The van der Waals surface area contributed by atoms with Crippen molar-refractivity contribution in [3.8, 4) is 0 Å². The van der Waals surface area contributed by atoms with E-state index in [4.69, 9.17) is 4.74 Å². The van der Waals surface area contributed by atoms with Crippen molar-refractivity contribution < 1.29 is 18.3 Å². The maximum Gasteiger partial charge on any atom is 0.325 e. The van der Waals surface area contributed by atoms with Gasteiger partial charge in [0.05, 0.1) is 24.0 Å². The van der Waals surface area contributed by atoms with Crippen molar-refractivity contribution in [2.45, 2.75) is 13.5 Å². The van der Waals surface area contributed by atoms with E-state index in [0.717, 1.165) is 12.1 Å². The predicted octanol–water partition coefficient (Wildman–Crippen LogP) is 1.88. The third-order valence-electron chi connectivity index (χ3n) is 2.27. The van der Waals surface area contributed by atoms with Crippen LogP contribution in [0.15, 0.2) is 18.5 Å². The van der Waals surface area contributed by atoms with Crippen molar-refractivity contribution in [3.05, 3.63) is 30.1 Å². The molecular formula is C11H10F2N2O2. The second kappa shape index (κ2) is 4.48. The number of fused-ring (bicyclic) bond motifs is 1. The molecule has 90 valence electrons. The van der Waals surface area contributed by atoms with Gasteiger partial charge in [-0.15, -0.1) is 0 Å². The summed E-state index contributed by atoms with van der Waals surface area (Å²) < 4.78 is 32.2. The number of carbonyl (C=O) groups excluding carboxylic acids is 1. The van der Waals surface area contributed by atoms with Gasteiger partial charge in [-0.1, -0.05) is 0 Å². The average molecular weight is 240 g/mol. The Hall–Kier alpha value is -1.98. The van der Waals surface area contributed by atoms with Gasteiger partial charge in [-0.3, -0.25) is 4.79 Å². The number of hydrogen-bond donors (Lipinski definition) is 0. The molecule has 0 bridgehead atoms. The summed E-state index contributed by atoms with van der Waals surface area (Å²) in [6, 6.07) is 2.00. The second-order valence-electron chi connectivity index (χ2n) is 3.43. The summed E-state index contributed by atoms with van der Waals surface area (Å²) in [4.78, 5) is 15.1. The van der Waals surface area contributed by atoms with Crippen molar-refractivity contribution in [2.24, 2.45) is 0 Å². The molecule has 0 radical (unpaired) electrons. The van der Waals surface area contributed by atoms with Gasteiger partial charge in [-0.25, -0.2) is 13.8 Å². The van der Waals surface area contributed by atoms with Crippen LogP contribution in [0.1, 0.15) is 6.92 Å². The highest BCUT2D eigenvalue weighted by Gasteiger charge is 2.11. The Morgan fingerprint density at radius 2 is 2.12 bits per heavy atom. The van der Waals surface area contributed by atoms with Crippen LogP contribution in [0.2, 0.25) is 0 Å². The molecule has 0 aliphatic rings. The van der Waals surface area contributed by atoms with E-state index in [1.54, 1.807) is 6.92 Å². The Morgan fingerprint density at radius 1 is 1.41 bits per heavy atom. The van der Waals surface area contributed by atoms with Crippen molar-refractivity contribution in [1.82, 2.24) is 9.55 Å². The van der Waals surface area contributed by atoms with Crippen LogP contribution in [0.3, 0.4) is 0 Å². The maximum absolute atomic E-state index is 13.1. The van der Waals surface area contributed by atoms with Crippen molar-refractivity contribution in [2.75, 3.05) is 6.61 Å². The fraction of sp³-hybridized carbons (Fsp3) is 0.273. The molecule has 0 aliphatic heterocycles. The SMILES string of the molecule is CCOC(=O)Cn1cnc2cc(F)c(F)cc21. The zero-order chi connectivity index (χ0) is 12.4. The molecule has 0 amide bonds. The van der Waals surface area contributed by atoms with Gasteiger partial charge in [0.15, 0.2) is 11.6 Å². The third-order valence-corrected chi connectivity index (χ3v) is 2.27. The molecule has 2 aromatic rings. The molecule has 0 saturated carbocycles. The van der Waals surface area contributed by atoms with Gasteiger partial charge in [0.25, 0.3) is 0 Å². The van der Waals surface area contributed by atoms with E-state index in [0.29, 0.717) is 11.0 Å². The molecule has 0 aliphatic carbocycles. The first kappa shape index (κ1) is 11.5. The van der Waals surface area contributed by atoms with Gasteiger partial charge in [0.2, 0.25) is 0 Å². The van der Waals surface area contributed by atoms with Crippen LogP contribution in [0, 0.1) is 11.6 Å².